The highest BCUT2D eigenvalue weighted by Crippen LogP contribution is 2.46. The third-order valence-electron chi connectivity index (χ3n) is 7.13. The van der Waals surface area contributed by atoms with E-state index >= 15 is 0 Å². The Morgan fingerprint density at radius 1 is 0.921 bits per heavy atom. The van der Waals surface area contributed by atoms with Crippen molar-refractivity contribution >= 4 is 46.6 Å². The lowest BCUT2D eigenvalue weighted by Crippen LogP contribution is -2.36. The van der Waals surface area contributed by atoms with E-state index in [9.17, 15) is 9.59 Å². The van der Waals surface area contributed by atoms with Crippen LogP contribution in [-0.4, -0.2) is 18.4 Å². The minimum Gasteiger partial charge on any atom is -0.462 e. The lowest BCUT2D eigenvalue weighted by molar-refractivity contribution is -0.139. The predicted octanol–water partition coefficient (Wildman–Crippen LogP) is 7.79. The van der Waals surface area contributed by atoms with Gasteiger partial charge in [0.25, 0.3) is 0 Å². The molecule has 3 aromatic rings. The van der Waals surface area contributed by atoms with E-state index in [1.54, 1.807) is 12.1 Å². The summed E-state index contributed by atoms with van der Waals surface area (Å²) < 4.78 is 5.74. The van der Waals surface area contributed by atoms with Crippen molar-refractivity contribution in [2.24, 2.45) is 0 Å². The maximum atomic E-state index is 13.7. The predicted molar refractivity (Wildman–Crippen MR) is 152 cm³/mol. The second kappa shape index (κ2) is 11.4. The molecule has 1 aliphatic carbocycles. The van der Waals surface area contributed by atoms with Crippen molar-refractivity contribution in [3.05, 3.63) is 127 Å². The van der Waals surface area contributed by atoms with Crippen molar-refractivity contribution in [1.29, 1.82) is 0 Å². The second-order valence-corrected chi connectivity index (χ2v) is 10.9. The van der Waals surface area contributed by atoms with E-state index in [-0.39, 0.29) is 18.3 Å². The first-order valence-corrected chi connectivity index (χ1v) is 13.6. The fourth-order valence-corrected chi connectivity index (χ4v) is 5.72. The fourth-order valence-electron chi connectivity index (χ4n) is 5.29. The van der Waals surface area contributed by atoms with Gasteiger partial charge in [-0.15, -0.1) is 0 Å². The van der Waals surface area contributed by atoms with Gasteiger partial charge in [0, 0.05) is 40.7 Å². The maximum absolute atomic E-state index is 13.7. The third kappa shape index (κ3) is 5.54. The highest BCUT2D eigenvalue weighted by molar-refractivity contribution is 6.42. The molecular weight excluding hydrogens is 541 g/mol. The molecule has 0 fully saturated rings. The zero-order valence-electron chi connectivity index (χ0n) is 20.8. The number of dihydropyridines is 1. The van der Waals surface area contributed by atoms with Gasteiger partial charge in [0.2, 0.25) is 0 Å². The molecule has 0 saturated heterocycles. The van der Waals surface area contributed by atoms with Gasteiger partial charge in [-0.3, -0.25) is 4.79 Å². The summed E-state index contributed by atoms with van der Waals surface area (Å²) in [6.07, 6.45) is 1.56. The highest BCUT2D eigenvalue weighted by atomic mass is 35.5. The van der Waals surface area contributed by atoms with Crippen LogP contribution in [0.3, 0.4) is 0 Å². The van der Waals surface area contributed by atoms with E-state index in [2.05, 4.69) is 5.32 Å². The van der Waals surface area contributed by atoms with Crippen LogP contribution < -0.4 is 5.32 Å². The SMILES string of the molecule is CC1=C(C(=O)OCCc2ccccc2)[C@H](c2ccc(Cl)c(Cl)c2)C2=C(C[C@@H](c3ccc(Cl)cc3)CC2=O)N1. The van der Waals surface area contributed by atoms with Gasteiger partial charge in [-0.2, -0.15) is 0 Å². The van der Waals surface area contributed by atoms with Gasteiger partial charge in [0.15, 0.2) is 5.78 Å². The standard InChI is InChI=1S/C31H26Cl3NO3/c1-18-28(31(37)38-14-13-19-5-3-2-4-6-19)29(21-9-12-24(33)25(34)15-21)30-26(35-18)16-22(17-27(30)36)20-7-10-23(32)11-8-20/h2-12,15,22,29,35H,13-14,16-17H2,1H3/t22-,29+/m1/s1. The van der Waals surface area contributed by atoms with E-state index < -0.39 is 11.9 Å². The Kier molecular flexibility index (Phi) is 7.94. The smallest absolute Gasteiger partial charge is 0.336 e. The summed E-state index contributed by atoms with van der Waals surface area (Å²) in [5.41, 5.74) is 5.32. The Morgan fingerprint density at radius 3 is 2.34 bits per heavy atom. The van der Waals surface area contributed by atoms with Crippen LogP contribution in [0.5, 0.6) is 0 Å². The molecule has 0 amide bonds. The molecule has 1 N–H and O–H groups in total. The molecule has 7 heteroatoms. The van der Waals surface area contributed by atoms with Crippen molar-refractivity contribution < 1.29 is 14.3 Å². The molecule has 2 atom stereocenters. The number of halogens is 3. The second-order valence-electron chi connectivity index (χ2n) is 9.61. The van der Waals surface area contributed by atoms with Gasteiger partial charge < -0.3 is 10.1 Å². The Bertz CT molecular complexity index is 1440. The molecule has 0 spiro atoms. The highest BCUT2D eigenvalue weighted by Gasteiger charge is 2.41. The molecule has 5 rings (SSSR count). The summed E-state index contributed by atoms with van der Waals surface area (Å²) in [5.74, 6) is -1.07. The van der Waals surface area contributed by atoms with E-state index in [0.717, 1.165) is 22.4 Å². The summed E-state index contributed by atoms with van der Waals surface area (Å²) in [6, 6.07) is 22.7. The number of carbonyl (C=O) groups is 2. The van der Waals surface area contributed by atoms with Gasteiger partial charge in [0.05, 0.1) is 22.2 Å². The Hall–Kier alpha value is -3.05. The topological polar surface area (TPSA) is 55.4 Å². The lowest BCUT2D eigenvalue weighted by Gasteiger charge is -2.36. The number of hydrogen-bond donors (Lipinski definition) is 1. The quantitative estimate of drug-likeness (QED) is 0.309. The van der Waals surface area contributed by atoms with Crippen LogP contribution >= 0.6 is 34.8 Å². The molecule has 0 aromatic heterocycles. The first-order valence-electron chi connectivity index (χ1n) is 12.5. The Balaban J connectivity index is 1.48. The van der Waals surface area contributed by atoms with Gasteiger partial charge in [0.1, 0.15) is 0 Å². The first-order chi connectivity index (χ1) is 18.3. The van der Waals surface area contributed by atoms with Crippen LogP contribution in [0.15, 0.2) is 95.3 Å². The molecule has 194 valence electrons. The molecule has 1 heterocycles. The first kappa shape index (κ1) is 26.6. The number of hydrogen-bond acceptors (Lipinski definition) is 4. The van der Waals surface area contributed by atoms with Gasteiger partial charge >= 0.3 is 5.97 Å². The van der Waals surface area contributed by atoms with Crippen molar-refractivity contribution in [1.82, 2.24) is 5.32 Å². The summed E-state index contributed by atoms with van der Waals surface area (Å²) >= 11 is 18.7. The van der Waals surface area contributed by atoms with Crippen LogP contribution in [0.4, 0.5) is 0 Å². The van der Waals surface area contributed by atoms with Gasteiger partial charge in [-0.25, -0.2) is 4.79 Å². The average molecular weight is 567 g/mol. The summed E-state index contributed by atoms with van der Waals surface area (Å²) in [5, 5.41) is 4.80. The number of Topliss-reactive ketones (excluding diaryl/α,β-unsaturated/α-hetero) is 1. The minimum absolute atomic E-state index is 0.00708. The van der Waals surface area contributed by atoms with Crippen molar-refractivity contribution in [2.45, 2.75) is 38.0 Å². The lowest BCUT2D eigenvalue weighted by atomic mass is 9.72. The van der Waals surface area contributed by atoms with Crippen molar-refractivity contribution in [3.63, 3.8) is 0 Å². The number of nitrogens with one attached hydrogen (secondary N) is 1. The van der Waals surface area contributed by atoms with E-state index in [1.165, 1.54) is 0 Å². The molecule has 0 bridgehead atoms. The number of esters is 1. The molecule has 2 aliphatic rings. The summed E-state index contributed by atoms with van der Waals surface area (Å²) in [7, 11) is 0. The van der Waals surface area contributed by atoms with Crippen LogP contribution in [0, 0.1) is 0 Å². The molecule has 0 unspecified atom stereocenters. The van der Waals surface area contributed by atoms with Crippen LogP contribution in [0.25, 0.3) is 0 Å². The van der Waals surface area contributed by atoms with Crippen LogP contribution in [-0.2, 0) is 20.7 Å². The number of carbonyl (C=O) groups excluding carboxylic acids is 2. The maximum Gasteiger partial charge on any atom is 0.336 e. The molecule has 4 nitrogen and oxygen atoms in total. The number of ketones is 1. The van der Waals surface area contributed by atoms with Crippen LogP contribution in [0.1, 0.15) is 48.3 Å². The molecule has 3 aromatic carbocycles. The number of allylic oxidation sites excluding steroid dienone is 3. The van der Waals surface area contributed by atoms with Gasteiger partial charge in [-0.05, 0) is 60.2 Å². The van der Waals surface area contributed by atoms with Gasteiger partial charge in [-0.1, -0.05) is 83.3 Å². The van der Waals surface area contributed by atoms with Crippen molar-refractivity contribution in [3.8, 4) is 0 Å². The Morgan fingerprint density at radius 2 is 1.63 bits per heavy atom. The minimum atomic E-state index is -0.607. The Labute approximate surface area is 237 Å². The summed E-state index contributed by atoms with van der Waals surface area (Å²) in [4.78, 5) is 27.2. The van der Waals surface area contributed by atoms with Crippen molar-refractivity contribution in [2.75, 3.05) is 6.61 Å². The average Bonchev–Trinajstić information content (AvgIpc) is 2.90. The molecule has 0 radical (unpaired) electrons. The van der Waals surface area contributed by atoms with E-state index in [0.29, 0.717) is 51.2 Å². The number of benzene rings is 3. The molecule has 38 heavy (non-hydrogen) atoms. The largest absolute Gasteiger partial charge is 0.462 e. The zero-order chi connectivity index (χ0) is 26.8. The molecule has 0 saturated carbocycles. The monoisotopic (exact) mass is 565 g/mol. The fraction of sp³-hybridized carbons (Fsp3) is 0.226. The molecular formula is C31H26Cl3NO3. The van der Waals surface area contributed by atoms with E-state index in [1.807, 2.05) is 67.6 Å². The zero-order valence-corrected chi connectivity index (χ0v) is 23.0. The third-order valence-corrected chi connectivity index (χ3v) is 8.12. The number of rotatable bonds is 6. The van der Waals surface area contributed by atoms with E-state index in [4.69, 9.17) is 39.5 Å². The summed E-state index contributed by atoms with van der Waals surface area (Å²) in [6.45, 7) is 2.07. The molecule has 1 aliphatic heterocycles. The number of ether oxygens (including phenoxy) is 1. The normalized spacial score (nSPS) is 19.2. The van der Waals surface area contributed by atoms with Crippen LogP contribution in [0.2, 0.25) is 15.1 Å².